The summed E-state index contributed by atoms with van der Waals surface area (Å²) in [6.07, 6.45) is 5.40. The largest absolute Gasteiger partial charge is 0.492 e. The van der Waals surface area contributed by atoms with E-state index in [0.717, 1.165) is 37.0 Å². The Morgan fingerprint density at radius 2 is 1.82 bits per heavy atom. The molecule has 0 N–H and O–H groups in total. The number of ether oxygens (including phenoxy) is 2. The minimum absolute atomic E-state index is 0.172. The van der Waals surface area contributed by atoms with Gasteiger partial charge in [0.15, 0.2) is 0 Å². The molecule has 7 heteroatoms. The molecule has 0 saturated heterocycles. The Morgan fingerprint density at radius 3 is 2.46 bits per heavy atom. The third-order valence-electron chi connectivity index (χ3n) is 3.74. The van der Waals surface area contributed by atoms with Crippen LogP contribution in [-0.2, 0) is 4.84 Å². The van der Waals surface area contributed by atoms with Crippen molar-refractivity contribution in [1.82, 2.24) is 0 Å². The van der Waals surface area contributed by atoms with E-state index in [2.05, 4.69) is 19.0 Å². The molecule has 4 nitrogen and oxygen atoms in total. The molecule has 0 aliphatic rings. The molecule has 0 radical (unpaired) electrons. The first kappa shape index (κ1) is 24.9. The van der Waals surface area contributed by atoms with Crippen LogP contribution < -0.4 is 9.47 Å². The van der Waals surface area contributed by atoms with E-state index in [0.29, 0.717) is 35.7 Å². The fourth-order valence-electron chi connectivity index (χ4n) is 2.57. The summed E-state index contributed by atoms with van der Waals surface area (Å²) in [6.45, 7) is 9.78. The molecule has 0 atom stereocenters. The lowest BCUT2D eigenvalue weighted by Gasteiger charge is -2.13. The number of aryl methyl sites for hydroxylation is 1. The zero-order valence-electron chi connectivity index (χ0n) is 17.1. The first-order chi connectivity index (χ1) is 13.3. The van der Waals surface area contributed by atoms with Gasteiger partial charge in [0, 0.05) is 6.07 Å². The average molecular weight is 451 g/mol. The Balaban J connectivity index is 2.29. The second-order valence-corrected chi connectivity index (χ2v) is 8.44. The van der Waals surface area contributed by atoms with Gasteiger partial charge < -0.3 is 14.3 Å². The fourth-order valence-corrected chi connectivity index (χ4v) is 3.01. The number of oxime groups is 1. The molecular formula is C21H30Cl3NO3. The van der Waals surface area contributed by atoms with Gasteiger partial charge in [-0.15, -0.1) is 0 Å². The van der Waals surface area contributed by atoms with Crippen LogP contribution in [0.4, 0.5) is 0 Å². The van der Waals surface area contributed by atoms with Gasteiger partial charge in [0.25, 0.3) is 0 Å². The maximum Gasteiger partial charge on any atom is 0.141 e. The van der Waals surface area contributed by atoms with Crippen molar-refractivity contribution in [3.8, 4) is 11.5 Å². The van der Waals surface area contributed by atoms with Crippen molar-refractivity contribution >= 4 is 40.5 Å². The van der Waals surface area contributed by atoms with Crippen LogP contribution in [0.15, 0.2) is 27.9 Å². The smallest absolute Gasteiger partial charge is 0.141 e. The van der Waals surface area contributed by atoms with Crippen molar-refractivity contribution in [3.63, 3.8) is 0 Å². The maximum atomic E-state index is 6.32. The Kier molecular flexibility index (Phi) is 12.4. The van der Waals surface area contributed by atoms with Gasteiger partial charge >= 0.3 is 0 Å². The van der Waals surface area contributed by atoms with E-state index < -0.39 is 0 Å². The van der Waals surface area contributed by atoms with Gasteiger partial charge in [-0.2, -0.15) is 0 Å². The number of unbranched alkanes of at least 4 members (excludes halogenated alkanes) is 2. The van der Waals surface area contributed by atoms with Crippen molar-refractivity contribution in [2.45, 2.75) is 53.4 Å². The molecule has 1 aromatic carbocycles. The van der Waals surface area contributed by atoms with Crippen LogP contribution in [0.3, 0.4) is 0 Å². The van der Waals surface area contributed by atoms with E-state index in [1.165, 1.54) is 0 Å². The second kappa shape index (κ2) is 14.0. The quantitative estimate of drug-likeness (QED) is 0.179. The van der Waals surface area contributed by atoms with E-state index in [-0.39, 0.29) is 11.1 Å². The highest BCUT2D eigenvalue weighted by Crippen LogP contribution is 2.33. The van der Waals surface area contributed by atoms with E-state index in [1.54, 1.807) is 12.1 Å². The lowest BCUT2D eigenvalue weighted by molar-refractivity contribution is 0.137. The number of nitrogens with zero attached hydrogens (tertiary/aromatic N) is 1. The highest BCUT2D eigenvalue weighted by atomic mass is 35.5. The van der Waals surface area contributed by atoms with Crippen LogP contribution in [0.1, 0.15) is 52.0 Å². The van der Waals surface area contributed by atoms with Gasteiger partial charge in [-0.3, -0.25) is 0 Å². The first-order valence-electron chi connectivity index (χ1n) is 9.52. The Hall–Kier alpha value is -1.10. The minimum Gasteiger partial charge on any atom is -0.492 e. The third kappa shape index (κ3) is 11.0. The van der Waals surface area contributed by atoms with Crippen molar-refractivity contribution in [1.29, 1.82) is 0 Å². The fraction of sp³-hybridized carbons (Fsp3) is 0.571. The van der Waals surface area contributed by atoms with Gasteiger partial charge in [-0.1, -0.05) is 53.8 Å². The molecule has 0 amide bonds. The molecule has 158 valence electrons. The summed E-state index contributed by atoms with van der Waals surface area (Å²) >= 11 is 17.4. The van der Waals surface area contributed by atoms with Gasteiger partial charge in [0.2, 0.25) is 0 Å². The summed E-state index contributed by atoms with van der Waals surface area (Å²) < 4.78 is 11.6. The molecule has 0 unspecified atom stereocenters. The summed E-state index contributed by atoms with van der Waals surface area (Å²) in [4.78, 5) is 5.35. The summed E-state index contributed by atoms with van der Waals surface area (Å²) in [6, 6.07) is 3.60. The molecule has 0 aliphatic heterocycles. The monoisotopic (exact) mass is 449 g/mol. The van der Waals surface area contributed by atoms with Crippen molar-refractivity contribution in [2.24, 2.45) is 11.1 Å². The van der Waals surface area contributed by atoms with E-state index in [1.807, 2.05) is 19.9 Å². The molecule has 0 spiro atoms. The molecule has 0 fully saturated rings. The van der Waals surface area contributed by atoms with E-state index >= 15 is 0 Å². The second-order valence-electron chi connectivity index (χ2n) is 7.02. The number of rotatable bonds is 13. The van der Waals surface area contributed by atoms with Gasteiger partial charge in [0.1, 0.15) is 29.2 Å². The summed E-state index contributed by atoms with van der Waals surface area (Å²) in [5.74, 6) is 1.93. The molecule has 1 aromatic rings. The number of hydrogen-bond donors (Lipinski definition) is 0. The molecular weight excluding hydrogens is 421 g/mol. The molecule has 0 saturated carbocycles. The predicted molar refractivity (Wildman–Crippen MR) is 119 cm³/mol. The lowest BCUT2D eigenvalue weighted by Crippen LogP contribution is -2.02. The van der Waals surface area contributed by atoms with Crippen molar-refractivity contribution < 1.29 is 14.3 Å². The number of hydrogen-bond acceptors (Lipinski definition) is 4. The van der Waals surface area contributed by atoms with Crippen molar-refractivity contribution in [3.05, 3.63) is 33.3 Å². The summed E-state index contributed by atoms with van der Waals surface area (Å²) in [7, 11) is 0. The summed E-state index contributed by atoms with van der Waals surface area (Å²) in [5, 5.41) is 4.65. The average Bonchev–Trinajstić information content (AvgIpc) is 2.58. The Morgan fingerprint density at radius 1 is 1.11 bits per heavy atom. The number of benzene rings is 1. The zero-order valence-corrected chi connectivity index (χ0v) is 19.3. The maximum absolute atomic E-state index is 6.32. The first-order valence-corrected chi connectivity index (χ1v) is 10.6. The topological polar surface area (TPSA) is 40.0 Å². The van der Waals surface area contributed by atoms with Crippen LogP contribution in [-0.4, -0.2) is 25.5 Å². The number of halogens is 3. The molecule has 0 aromatic heterocycles. The normalized spacial score (nSPS) is 11.5. The van der Waals surface area contributed by atoms with Crippen LogP contribution in [0.2, 0.25) is 5.02 Å². The van der Waals surface area contributed by atoms with Gasteiger partial charge in [-0.05, 0) is 63.2 Å². The van der Waals surface area contributed by atoms with Crippen LogP contribution in [0.5, 0.6) is 11.5 Å². The molecule has 28 heavy (non-hydrogen) atoms. The highest BCUT2D eigenvalue weighted by Gasteiger charge is 2.09. The standard InChI is InChI=1S/C21H30Cl3NO3/c1-15(2)12-17(4)25-28-10-7-5-6-9-27-21-16(3)13-18(14-19(21)22)26-11-8-20(23)24/h8,13-15H,5-7,9-12H2,1-4H3/b25-17+. The van der Waals surface area contributed by atoms with Crippen LogP contribution in [0, 0.1) is 12.8 Å². The lowest BCUT2D eigenvalue weighted by atomic mass is 10.1. The Labute approximate surface area is 183 Å². The molecule has 0 aliphatic carbocycles. The zero-order chi connectivity index (χ0) is 20.9. The van der Waals surface area contributed by atoms with E-state index in [9.17, 15) is 0 Å². The minimum atomic E-state index is 0.172. The van der Waals surface area contributed by atoms with Gasteiger partial charge in [0.05, 0.1) is 17.3 Å². The Bertz CT molecular complexity index is 633. The molecule has 0 bridgehead atoms. The van der Waals surface area contributed by atoms with E-state index in [4.69, 9.17) is 49.1 Å². The SMILES string of the molecule is C/C(CC(C)C)=N\OCCCCCOc1c(C)cc(OCC=C(Cl)Cl)cc1Cl. The molecule has 1 rings (SSSR count). The van der Waals surface area contributed by atoms with Crippen LogP contribution in [0.25, 0.3) is 0 Å². The third-order valence-corrected chi connectivity index (χ3v) is 4.33. The summed E-state index contributed by atoms with van der Waals surface area (Å²) in [5.41, 5.74) is 1.96. The van der Waals surface area contributed by atoms with Crippen LogP contribution >= 0.6 is 34.8 Å². The van der Waals surface area contributed by atoms with Gasteiger partial charge in [-0.25, -0.2) is 0 Å². The highest BCUT2D eigenvalue weighted by molar-refractivity contribution is 6.55. The molecule has 0 heterocycles. The van der Waals surface area contributed by atoms with Crippen molar-refractivity contribution in [2.75, 3.05) is 19.8 Å². The predicted octanol–water partition coefficient (Wildman–Crippen LogP) is 7.33.